The van der Waals surface area contributed by atoms with Gasteiger partial charge in [-0.25, -0.2) is 4.39 Å². The first kappa shape index (κ1) is 11.1. The highest BCUT2D eigenvalue weighted by Crippen LogP contribution is 2.36. The van der Waals surface area contributed by atoms with Crippen LogP contribution in [-0.2, 0) is 6.42 Å². The summed E-state index contributed by atoms with van der Waals surface area (Å²) in [6.45, 7) is 0. The van der Waals surface area contributed by atoms with Gasteiger partial charge in [-0.05, 0) is 47.9 Å². The molecule has 0 aliphatic carbocycles. The molecule has 0 fully saturated rings. The second-order valence-corrected chi connectivity index (χ2v) is 4.48. The van der Waals surface area contributed by atoms with Crippen molar-refractivity contribution in [3.63, 3.8) is 0 Å². The molecule has 0 spiro atoms. The van der Waals surface area contributed by atoms with Crippen LogP contribution in [0.25, 0.3) is 0 Å². The molecule has 2 aromatic carbocycles. The van der Waals surface area contributed by atoms with Crippen LogP contribution in [0.1, 0.15) is 17.2 Å². The molecule has 1 atom stereocenters. The molecule has 2 aromatic rings. The maximum atomic E-state index is 13.2. The van der Waals surface area contributed by atoms with Crippen molar-refractivity contribution in [3.05, 3.63) is 59.4 Å². The predicted molar refractivity (Wildman–Crippen MR) is 69.5 cm³/mol. The van der Waals surface area contributed by atoms with E-state index in [-0.39, 0.29) is 11.9 Å². The number of fused-ring (bicyclic) bond motifs is 1. The maximum Gasteiger partial charge on any atom is 0.123 e. The normalized spacial score (nSPS) is 17.1. The second-order valence-electron chi connectivity index (χ2n) is 4.48. The molecule has 0 saturated heterocycles. The standard InChI is InChI=1S/C15H14FNO/c1-18-13-5-6-14-11(8-13)9-15(17-14)10-3-2-4-12(16)7-10/h2-8,15,17H,9H2,1H3. The van der Waals surface area contributed by atoms with Gasteiger partial charge in [0.15, 0.2) is 0 Å². The van der Waals surface area contributed by atoms with E-state index in [0.29, 0.717) is 0 Å². The number of hydrogen-bond acceptors (Lipinski definition) is 2. The molecule has 0 aromatic heterocycles. The molecule has 92 valence electrons. The van der Waals surface area contributed by atoms with Gasteiger partial charge in [0.2, 0.25) is 0 Å². The summed E-state index contributed by atoms with van der Waals surface area (Å²) < 4.78 is 18.4. The molecule has 1 aliphatic heterocycles. The van der Waals surface area contributed by atoms with Crippen molar-refractivity contribution in [1.29, 1.82) is 0 Å². The minimum Gasteiger partial charge on any atom is -0.497 e. The lowest BCUT2D eigenvalue weighted by atomic mass is 10.0. The van der Waals surface area contributed by atoms with Gasteiger partial charge in [0, 0.05) is 5.69 Å². The molecular weight excluding hydrogens is 229 g/mol. The van der Waals surface area contributed by atoms with E-state index in [2.05, 4.69) is 5.32 Å². The Labute approximate surface area is 105 Å². The molecule has 3 rings (SSSR count). The number of anilines is 1. The van der Waals surface area contributed by atoms with Crippen LogP contribution in [0.5, 0.6) is 5.75 Å². The Balaban J connectivity index is 1.88. The topological polar surface area (TPSA) is 21.3 Å². The first-order chi connectivity index (χ1) is 8.76. The van der Waals surface area contributed by atoms with Crippen LogP contribution in [0.4, 0.5) is 10.1 Å². The van der Waals surface area contributed by atoms with Gasteiger partial charge in [0.1, 0.15) is 11.6 Å². The summed E-state index contributed by atoms with van der Waals surface area (Å²) in [6, 6.07) is 12.9. The fourth-order valence-electron chi connectivity index (χ4n) is 2.39. The molecule has 1 heterocycles. The Morgan fingerprint density at radius 1 is 1.22 bits per heavy atom. The highest BCUT2D eigenvalue weighted by molar-refractivity contribution is 5.60. The van der Waals surface area contributed by atoms with Crippen molar-refractivity contribution < 1.29 is 9.13 Å². The van der Waals surface area contributed by atoms with Gasteiger partial charge >= 0.3 is 0 Å². The fraction of sp³-hybridized carbons (Fsp3) is 0.200. The van der Waals surface area contributed by atoms with Gasteiger partial charge < -0.3 is 10.1 Å². The molecule has 1 unspecified atom stereocenters. The summed E-state index contributed by atoms with van der Waals surface area (Å²) in [6.07, 6.45) is 0.857. The number of hydrogen-bond donors (Lipinski definition) is 1. The van der Waals surface area contributed by atoms with E-state index in [9.17, 15) is 4.39 Å². The Kier molecular flexibility index (Phi) is 2.67. The Morgan fingerprint density at radius 3 is 2.89 bits per heavy atom. The molecule has 0 saturated carbocycles. The van der Waals surface area contributed by atoms with Crippen molar-refractivity contribution in [2.45, 2.75) is 12.5 Å². The number of ether oxygens (including phenoxy) is 1. The van der Waals surface area contributed by atoms with Crippen LogP contribution < -0.4 is 10.1 Å². The highest BCUT2D eigenvalue weighted by Gasteiger charge is 2.22. The number of benzene rings is 2. The number of methoxy groups -OCH3 is 1. The van der Waals surface area contributed by atoms with E-state index in [1.54, 1.807) is 19.2 Å². The fourth-order valence-corrected chi connectivity index (χ4v) is 2.39. The lowest BCUT2D eigenvalue weighted by Crippen LogP contribution is -2.05. The number of halogens is 1. The Hall–Kier alpha value is -2.03. The third-order valence-corrected chi connectivity index (χ3v) is 3.32. The largest absolute Gasteiger partial charge is 0.497 e. The van der Waals surface area contributed by atoms with Crippen molar-refractivity contribution in [3.8, 4) is 5.75 Å². The summed E-state index contributed by atoms with van der Waals surface area (Å²) in [5.74, 6) is 0.665. The zero-order valence-corrected chi connectivity index (χ0v) is 10.1. The van der Waals surface area contributed by atoms with Crippen LogP contribution in [0.15, 0.2) is 42.5 Å². The van der Waals surface area contributed by atoms with Crippen LogP contribution in [0, 0.1) is 5.82 Å². The van der Waals surface area contributed by atoms with E-state index in [1.165, 1.54) is 11.6 Å². The molecule has 18 heavy (non-hydrogen) atoms. The summed E-state index contributed by atoms with van der Waals surface area (Å²) in [5, 5.41) is 3.41. The lowest BCUT2D eigenvalue weighted by Gasteiger charge is -2.11. The van der Waals surface area contributed by atoms with Gasteiger partial charge in [-0.15, -0.1) is 0 Å². The molecule has 0 radical (unpaired) electrons. The molecule has 2 nitrogen and oxygen atoms in total. The summed E-state index contributed by atoms with van der Waals surface area (Å²) >= 11 is 0. The number of rotatable bonds is 2. The molecule has 1 aliphatic rings. The molecule has 3 heteroatoms. The van der Waals surface area contributed by atoms with Crippen molar-refractivity contribution >= 4 is 5.69 Å². The third-order valence-electron chi connectivity index (χ3n) is 3.32. The van der Waals surface area contributed by atoms with Crippen molar-refractivity contribution in [2.24, 2.45) is 0 Å². The molecule has 0 bridgehead atoms. The molecule has 1 N–H and O–H groups in total. The smallest absolute Gasteiger partial charge is 0.123 e. The van der Waals surface area contributed by atoms with Crippen LogP contribution in [0.3, 0.4) is 0 Å². The Bertz CT molecular complexity index is 582. The average Bonchev–Trinajstić information content (AvgIpc) is 2.81. The Morgan fingerprint density at radius 2 is 2.11 bits per heavy atom. The number of nitrogens with one attached hydrogen (secondary N) is 1. The molecule has 0 amide bonds. The minimum atomic E-state index is -0.192. The quantitative estimate of drug-likeness (QED) is 0.871. The summed E-state index contributed by atoms with van der Waals surface area (Å²) in [4.78, 5) is 0. The van der Waals surface area contributed by atoms with E-state index in [0.717, 1.165) is 23.4 Å². The van der Waals surface area contributed by atoms with Crippen LogP contribution in [0.2, 0.25) is 0 Å². The van der Waals surface area contributed by atoms with Crippen LogP contribution in [-0.4, -0.2) is 7.11 Å². The second kappa shape index (κ2) is 4.33. The van der Waals surface area contributed by atoms with Crippen molar-refractivity contribution in [2.75, 3.05) is 12.4 Å². The van der Waals surface area contributed by atoms with Crippen molar-refractivity contribution in [1.82, 2.24) is 0 Å². The molecular formula is C15H14FNO. The van der Waals surface area contributed by atoms with Gasteiger partial charge in [-0.2, -0.15) is 0 Å². The van der Waals surface area contributed by atoms with Gasteiger partial charge in [0.05, 0.1) is 13.2 Å². The summed E-state index contributed by atoms with van der Waals surface area (Å²) in [5.41, 5.74) is 3.29. The van der Waals surface area contributed by atoms with Gasteiger partial charge in [-0.1, -0.05) is 12.1 Å². The zero-order valence-electron chi connectivity index (χ0n) is 10.1. The third kappa shape index (κ3) is 1.92. The monoisotopic (exact) mass is 243 g/mol. The van der Waals surface area contributed by atoms with E-state index >= 15 is 0 Å². The van der Waals surface area contributed by atoms with Crippen LogP contribution >= 0.6 is 0 Å². The first-order valence-corrected chi connectivity index (χ1v) is 5.95. The van der Waals surface area contributed by atoms with Gasteiger partial charge in [0.25, 0.3) is 0 Å². The summed E-state index contributed by atoms with van der Waals surface area (Å²) in [7, 11) is 1.66. The zero-order chi connectivity index (χ0) is 12.5. The van der Waals surface area contributed by atoms with Gasteiger partial charge in [-0.3, -0.25) is 0 Å². The van der Waals surface area contributed by atoms with E-state index in [4.69, 9.17) is 4.74 Å². The highest BCUT2D eigenvalue weighted by atomic mass is 19.1. The van der Waals surface area contributed by atoms with E-state index in [1.807, 2.05) is 24.3 Å². The first-order valence-electron chi connectivity index (χ1n) is 5.95. The SMILES string of the molecule is COc1ccc2c(c1)CC(c1cccc(F)c1)N2. The average molecular weight is 243 g/mol. The lowest BCUT2D eigenvalue weighted by molar-refractivity contribution is 0.414. The minimum absolute atomic E-state index is 0.141. The predicted octanol–water partition coefficient (Wildman–Crippen LogP) is 3.54. The maximum absolute atomic E-state index is 13.2. The van der Waals surface area contributed by atoms with E-state index < -0.39 is 0 Å².